The van der Waals surface area contributed by atoms with Crippen LogP contribution in [-0.2, 0) is 0 Å². The van der Waals surface area contributed by atoms with Crippen LogP contribution in [0.4, 0.5) is 0 Å². The summed E-state index contributed by atoms with van der Waals surface area (Å²) >= 11 is 0. The molecule has 5 nitrogen and oxygen atoms in total. The van der Waals surface area contributed by atoms with Gasteiger partial charge in [-0.1, -0.05) is 24.3 Å². The molecule has 142 valence electrons. The van der Waals surface area contributed by atoms with Gasteiger partial charge in [-0.05, 0) is 59.2 Å². The van der Waals surface area contributed by atoms with E-state index in [1.165, 1.54) is 0 Å². The maximum Gasteiger partial charge on any atom is 0.116 e. The monoisotopic (exact) mass is 387 g/mol. The lowest BCUT2D eigenvalue weighted by atomic mass is 10.0. The van der Waals surface area contributed by atoms with Crippen LogP contribution in [0.2, 0.25) is 0 Å². The van der Waals surface area contributed by atoms with Crippen molar-refractivity contribution in [3.63, 3.8) is 0 Å². The third kappa shape index (κ3) is 2.68. The number of rotatable bonds is 3. The summed E-state index contributed by atoms with van der Waals surface area (Å²) in [6, 6.07) is 22.9. The van der Waals surface area contributed by atoms with Crippen molar-refractivity contribution >= 4 is 21.8 Å². The lowest BCUT2D eigenvalue weighted by Gasteiger charge is -2.02. The van der Waals surface area contributed by atoms with Crippen molar-refractivity contribution in [1.82, 2.24) is 25.1 Å². The Kier molecular flexibility index (Phi) is 3.71. The molecule has 0 aliphatic rings. The Bertz CT molecular complexity index is 1480. The number of nitrogens with one attached hydrogen (secondary N) is 2. The minimum Gasteiger partial charge on any atom is -0.353 e. The van der Waals surface area contributed by atoms with E-state index >= 15 is 0 Å². The minimum absolute atomic E-state index is 0.911. The molecule has 0 unspecified atom stereocenters. The molecule has 0 aliphatic heterocycles. The first-order valence-electron chi connectivity index (χ1n) is 9.78. The van der Waals surface area contributed by atoms with E-state index in [0.29, 0.717) is 0 Å². The molecular weight excluding hydrogens is 370 g/mol. The highest BCUT2D eigenvalue weighted by atomic mass is 15.1. The molecule has 0 amide bonds. The lowest BCUT2D eigenvalue weighted by molar-refractivity contribution is 1.12. The van der Waals surface area contributed by atoms with Crippen molar-refractivity contribution in [3.05, 3.63) is 91.5 Å². The molecule has 0 saturated heterocycles. The van der Waals surface area contributed by atoms with Crippen LogP contribution < -0.4 is 0 Å². The molecule has 6 rings (SSSR count). The normalized spacial score (nSPS) is 11.3. The number of benzene rings is 2. The predicted octanol–water partition coefficient (Wildman–Crippen LogP) is 5.84. The highest BCUT2D eigenvalue weighted by Gasteiger charge is 2.14. The number of hydrogen-bond acceptors (Lipinski definition) is 3. The second kappa shape index (κ2) is 6.67. The summed E-state index contributed by atoms with van der Waals surface area (Å²) in [6.45, 7) is 0. The maximum atomic E-state index is 4.62. The van der Waals surface area contributed by atoms with E-state index < -0.39 is 0 Å². The van der Waals surface area contributed by atoms with Gasteiger partial charge in [0.05, 0.1) is 11.2 Å². The summed E-state index contributed by atoms with van der Waals surface area (Å²) in [5.41, 5.74) is 8.51. The maximum absolute atomic E-state index is 4.62. The summed E-state index contributed by atoms with van der Waals surface area (Å²) in [6.07, 6.45) is 7.32. The second-order valence-corrected chi connectivity index (χ2v) is 7.26. The Morgan fingerprint density at radius 1 is 0.633 bits per heavy atom. The topological polar surface area (TPSA) is 70.2 Å². The van der Waals surface area contributed by atoms with Crippen LogP contribution in [-0.4, -0.2) is 25.1 Å². The molecule has 30 heavy (non-hydrogen) atoms. The molecule has 6 aromatic rings. The average Bonchev–Trinajstić information content (AvgIpc) is 3.43. The first-order valence-corrected chi connectivity index (χ1v) is 9.78. The van der Waals surface area contributed by atoms with Gasteiger partial charge in [0.1, 0.15) is 5.69 Å². The van der Waals surface area contributed by atoms with E-state index in [-0.39, 0.29) is 0 Å². The van der Waals surface area contributed by atoms with Crippen molar-refractivity contribution in [1.29, 1.82) is 0 Å². The van der Waals surface area contributed by atoms with E-state index in [9.17, 15) is 0 Å². The van der Waals surface area contributed by atoms with E-state index in [4.69, 9.17) is 0 Å². The summed E-state index contributed by atoms with van der Waals surface area (Å²) in [4.78, 5) is 11.9. The quantitative estimate of drug-likeness (QED) is 0.401. The van der Waals surface area contributed by atoms with E-state index in [2.05, 4.69) is 73.7 Å². The first-order chi connectivity index (χ1) is 14.9. The van der Waals surface area contributed by atoms with Crippen LogP contribution in [0, 0.1) is 0 Å². The second-order valence-electron chi connectivity index (χ2n) is 7.26. The van der Waals surface area contributed by atoms with E-state index in [1.54, 1.807) is 6.20 Å². The number of hydrogen-bond donors (Lipinski definition) is 2. The fourth-order valence-electron chi connectivity index (χ4n) is 4.00. The number of aromatic amines is 2. The molecule has 2 aromatic carbocycles. The molecule has 0 bridgehead atoms. The van der Waals surface area contributed by atoms with Gasteiger partial charge in [-0.3, -0.25) is 15.1 Å². The highest BCUT2D eigenvalue weighted by Crippen LogP contribution is 2.35. The zero-order valence-corrected chi connectivity index (χ0v) is 16.0. The van der Waals surface area contributed by atoms with Crippen LogP contribution in [0.5, 0.6) is 0 Å². The summed E-state index contributed by atoms with van der Waals surface area (Å²) < 4.78 is 0. The SMILES string of the molecule is c1cncc(-c2cccc3[nH]c(-c4n[nH]c5ccc(-c6ccncc6)cc45)cc23)c1. The summed E-state index contributed by atoms with van der Waals surface area (Å²) in [5.74, 6) is 0. The number of fused-ring (bicyclic) bond motifs is 2. The zero-order valence-electron chi connectivity index (χ0n) is 16.0. The van der Waals surface area contributed by atoms with Crippen molar-refractivity contribution in [2.24, 2.45) is 0 Å². The molecule has 0 atom stereocenters. The van der Waals surface area contributed by atoms with Gasteiger partial charge in [-0.25, -0.2) is 0 Å². The molecule has 0 fully saturated rings. The largest absolute Gasteiger partial charge is 0.353 e. The number of nitrogens with zero attached hydrogens (tertiary/aromatic N) is 3. The lowest BCUT2D eigenvalue weighted by Crippen LogP contribution is -1.80. The van der Waals surface area contributed by atoms with Gasteiger partial charge in [-0.2, -0.15) is 5.10 Å². The molecular formula is C25H17N5. The molecule has 0 spiro atoms. The summed E-state index contributed by atoms with van der Waals surface area (Å²) in [7, 11) is 0. The molecule has 4 heterocycles. The van der Waals surface area contributed by atoms with Gasteiger partial charge >= 0.3 is 0 Å². The Morgan fingerprint density at radius 3 is 2.43 bits per heavy atom. The number of pyridine rings is 2. The van der Waals surface area contributed by atoms with Crippen LogP contribution in [0.15, 0.2) is 91.5 Å². The average molecular weight is 387 g/mol. The van der Waals surface area contributed by atoms with Gasteiger partial charge < -0.3 is 4.98 Å². The van der Waals surface area contributed by atoms with Crippen LogP contribution in [0.1, 0.15) is 0 Å². The van der Waals surface area contributed by atoms with Crippen molar-refractivity contribution in [3.8, 4) is 33.6 Å². The van der Waals surface area contributed by atoms with E-state index in [0.717, 1.165) is 55.4 Å². The number of H-pyrrole nitrogens is 2. The third-order valence-corrected chi connectivity index (χ3v) is 5.47. The minimum atomic E-state index is 0.911. The predicted molar refractivity (Wildman–Crippen MR) is 120 cm³/mol. The molecule has 2 N–H and O–H groups in total. The standard InChI is InChI=1S/C25H17N5/c1-4-19(18-3-2-10-27-15-18)20-14-24(28-22(20)5-1)25-21-13-17(6-7-23(21)29-30-25)16-8-11-26-12-9-16/h1-15,28H,(H,29,30). The zero-order chi connectivity index (χ0) is 19.9. The third-order valence-electron chi connectivity index (χ3n) is 5.47. The first kappa shape index (κ1) is 16.7. The van der Waals surface area contributed by atoms with Gasteiger partial charge in [-0.15, -0.1) is 0 Å². The smallest absolute Gasteiger partial charge is 0.116 e. The van der Waals surface area contributed by atoms with E-state index in [1.807, 2.05) is 36.8 Å². The Hall–Kier alpha value is -4.25. The van der Waals surface area contributed by atoms with Crippen LogP contribution >= 0.6 is 0 Å². The molecule has 0 saturated carbocycles. The number of aromatic nitrogens is 5. The molecule has 0 aliphatic carbocycles. The van der Waals surface area contributed by atoms with Crippen LogP contribution in [0.25, 0.3) is 55.4 Å². The Balaban J connectivity index is 1.52. The highest BCUT2D eigenvalue weighted by molar-refractivity contribution is 6.01. The van der Waals surface area contributed by atoms with Crippen molar-refractivity contribution < 1.29 is 0 Å². The fraction of sp³-hybridized carbons (Fsp3) is 0. The Morgan fingerprint density at radius 2 is 1.57 bits per heavy atom. The molecule has 0 radical (unpaired) electrons. The fourth-order valence-corrected chi connectivity index (χ4v) is 4.00. The van der Waals surface area contributed by atoms with Gasteiger partial charge in [0.2, 0.25) is 0 Å². The molecule has 5 heteroatoms. The summed E-state index contributed by atoms with van der Waals surface area (Å²) in [5, 5.41) is 10.0. The Labute approximate surface area is 172 Å². The van der Waals surface area contributed by atoms with Crippen molar-refractivity contribution in [2.75, 3.05) is 0 Å². The van der Waals surface area contributed by atoms with Crippen molar-refractivity contribution in [2.45, 2.75) is 0 Å². The molecule has 4 aromatic heterocycles. The van der Waals surface area contributed by atoms with Gasteiger partial charge in [0.15, 0.2) is 0 Å². The van der Waals surface area contributed by atoms with Gasteiger partial charge in [0, 0.05) is 46.6 Å². The van der Waals surface area contributed by atoms with Gasteiger partial charge in [0.25, 0.3) is 0 Å². The van der Waals surface area contributed by atoms with Crippen LogP contribution in [0.3, 0.4) is 0 Å².